The second-order valence-corrected chi connectivity index (χ2v) is 4.98. The van der Waals surface area contributed by atoms with Crippen molar-refractivity contribution in [3.8, 4) is 0 Å². The highest BCUT2D eigenvalue weighted by atomic mass is 35.5. The molecule has 0 atom stereocenters. The van der Waals surface area contributed by atoms with E-state index in [2.05, 4.69) is 10.3 Å². The molecule has 0 aliphatic rings. The van der Waals surface area contributed by atoms with E-state index in [0.29, 0.717) is 0 Å². The van der Waals surface area contributed by atoms with E-state index in [9.17, 15) is 4.79 Å². The standard InChI is InChI=1S/C14H12Cl2N2O/c1-8-4-3-5-9(2)12(8)18-14(19)13-10(15)6-7-11(16)17-13/h3-7H,1-2H3,(H,18,19). The smallest absolute Gasteiger partial charge is 0.275 e. The van der Waals surface area contributed by atoms with Gasteiger partial charge >= 0.3 is 0 Å². The van der Waals surface area contributed by atoms with Crippen molar-refractivity contribution in [2.24, 2.45) is 0 Å². The average Bonchev–Trinajstić information content (AvgIpc) is 2.37. The van der Waals surface area contributed by atoms with Gasteiger partial charge < -0.3 is 5.32 Å². The van der Waals surface area contributed by atoms with E-state index in [-0.39, 0.29) is 21.8 Å². The summed E-state index contributed by atoms with van der Waals surface area (Å²) in [4.78, 5) is 16.1. The Morgan fingerprint density at radius 2 is 1.74 bits per heavy atom. The van der Waals surface area contributed by atoms with Crippen LogP contribution in [0.4, 0.5) is 5.69 Å². The van der Waals surface area contributed by atoms with Gasteiger partial charge in [-0.2, -0.15) is 0 Å². The van der Waals surface area contributed by atoms with Crippen molar-refractivity contribution in [3.63, 3.8) is 0 Å². The Kier molecular flexibility index (Phi) is 4.08. The van der Waals surface area contributed by atoms with E-state index in [1.165, 1.54) is 0 Å². The number of halogens is 2. The number of para-hydroxylation sites is 1. The number of carbonyl (C=O) groups excluding carboxylic acids is 1. The van der Waals surface area contributed by atoms with Gasteiger partial charge in [0.1, 0.15) is 10.8 Å². The van der Waals surface area contributed by atoms with Crippen molar-refractivity contribution in [2.75, 3.05) is 5.32 Å². The van der Waals surface area contributed by atoms with Gasteiger partial charge in [0.05, 0.1) is 5.02 Å². The average molecular weight is 295 g/mol. The van der Waals surface area contributed by atoms with E-state index in [4.69, 9.17) is 23.2 Å². The zero-order valence-electron chi connectivity index (χ0n) is 10.5. The molecular formula is C14H12Cl2N2O. The van der Waals surface area contributed by atoms with Crippen molar-refractivity contribution >= 4 is 34.8 Å². The monoisotopic (exact) mass is 294 g/mol. The molecule has 2 rings (SSSR count). The zero-order valence-corrected chi connectivity index (χ0v) is 12.0. The maximum atomic E-state index is 12.2. The summed E-state index contributed by atoms with van der Waals surface area (Å²) in [6, 6.07) is 8.88. The van der Waals surface area contributed by atoms with Gasteiger partial charge in [-0.05, 0) is 37.1 Å². The van der Waals surface area contributed by atoms with E-state index in [1.807, 2.05) is 32.0 Å². The molecule has 19 heavy (non-hydrogen) atoms. The Labute approximate surface area is 121 Å². The van der Waals surface area contributed by atoms with Crippen LogP contribution in [0.2, 0.25) is 10.2 Å². The lowest BCUT2D eigenvalue weighted by atomic mass is 10.1. The Morgan fingerprint density at radius 1 is 1.11 bits per heavy atom. The highest BCUT2D eigenvalue weighted by molar-refractivity contribution is 6.35. The predicted molar refractivity (Wildman–Crippen MR) is 78.1 cm³/mol. The van der Waals surface area contributed by atoms with Crippen LogP contribution in [0.25, 0.3) is 0 Å². The summed E-state index contributed by atoms with van der Waals surface area (Å²) in [5, 5.41) is 3.32. The van der Waals surface area contributed by atoms with E-state index in [1.54, 1.807) is 12.1 Å². The molecule has 1 amide bonds. The first-order valence-corrected chi connectivity index (χ1v) is 6.44. The fourth-order valence-corrected chi connectivity index (χ4v) is 2.10. The first-order valence-electron chi connectivity index (χ1n) is 5.68. The molecule has 0 radical (unpaired) electrons. The minimum Gasteiger partial charge on any atom is -0.320 e. The molecule has 5 heteroatoms. The number of nitrogens with one attached hydrogen (secondary N) is 1. The van der Waals surface area contributed by atoms with Crippen molar-refractivity contribution in [1.82, 2.24) is 4.98 Å². The summed E-state index contributed by atoms with van der Waals surface area (Å²) in [5.41, 5.74) is 2.85. The van der Waals surface area contributed by atoms with Gasteiger partial charge in [-0.1, -0.05) is 41.4 Å². The molecule has 0 saturated heterocycles. The van der Waals surface area contributed by atoms with Crippen molar-refractivity contribution in [3.05, 3.63) is 57.3 Å². The number of amides is 1. The van der Waals surface area contributed by atoms with Crippen molar-refractivity contribution < 1.29 is 4.79 Å². The summed E-state index contributed by atoms with van der Waals surface area (Å²) in [5.74, 6) is -0.370. The fourth-order valence-electron chi connectivity index (χ4n) is 1.76. The highest BCUT2D eigenvalue weighted by Crippen LogP contribution is 2.22. The molecule has 1 heterocycles. The predicted octanol–water partition coefficient (Wildman–Crippen LogP) is 4.26. The molecule has 0 bridgehead atoms. The third kappa shape index (κ3) is 3.06. The molecule has 1 aromatic carbocycles. The number of aromatic nitrogens is 1. The van der Waals surface area contributed by atoms with Gasteiger partial charge in [0.25, 0.3) is 5.91 Å². The number of aryl methyl sites for hydroxylation is 2. The summed E-state index contributed by atoms with van der Waals surface area (Å²) >= 11 is 11.7. The van der Waals surface area contributed by atoms with Gasteiger partial charge in [0, 0.05) is 5.69 Å². The maximum Gasteiger partial charge on any atom is 0.275 e. The van der Waals surface area contributed by atoms with Crippen molar-refractivity contribution in [2.45, 2.75) is 13.8 Å². The number of anilines is 1. The lowest BCUT2D eigenvalue weighted by molar-refractivity contribution is 0.102. The Hall–Kier alpha value is -1.58. The van der Waals surface area contributed by atoms with Crippen LogP contribution in [0, 0.1) is 13.8 Å². The van der Waals surface area contributed by atoms with Gasteiger partial charge in [-0.15, -0.1) is 0 Å². The van der Waals surface area contributed by atoms with Crippen LogP contribution in [-0.2, 0) is 0 Å². The molecule has 1 N–H and O–H groups in total. The van der Waals surface area contributed by atoms with Gasteiger partial charge in [-0.3, -0.25) is 4.79 Å². The Morgan fingerprint density at radius 3 is 2.37 bits per heavy atom. The van der Waals surface area contributed by atoms with Crippen LogP contribution in [0.15, 0.2) is 30.3 Å². The molecule has 0 aliphatic heterocycles. The third-order valence-corrected chi connectivity index (χ3v) is 3.26. The van der Waals surface area contributed by atoms with Gasteiger partial charge in [0.15, 0.2) is 0 Å². The summed E-state index contributed by atoms with van der Waals surface area (Å²) in [7, 11) is 0. The molecule has 0 aliphatic carbocycles. The van der Waals surface area contributed by atoms with E-state index in [0.717, 1.165) is 16.8 Å². The Bertz CT molecular complexity index is 621. The molecule has 1 aromatic heterocycles. The summed E-state index contributed by atoms with van der Waals surface area (Å²) in [6.07, 6.45) is 0. The molecular weight excluding hydrogens is 283 g/mol. The van der Waals surface area contributed by atoms with E-state index < -0.39 is 0 Å². The molecule has 3 nitrogen and oxygen atoms in total. The minimum atomic E-state index is -0.370. The van der Waals surface area contributed by atoms with Gasteiger partial charge in [-0.25, -0.2) is 4.98 Å². The van der Waals surface area contributed by atoms with Crippen LogP contribution in [0.1, 0.15) is 21.6 Å². The molecule has 0 fully saturated rings. The fraction of sp³-hybridized carbons (Fsp3) is 0.143. The van der Waals surface area contributed by atoms with Crippen LogP contribution >= 0.6 is 23.2 Å². The Balaban J connectivity index is 2.34. The number of hydrogen-bond donors (Lipinski definition) is 1. The molecule has 2 aromatic rings. The SMILES string of the molecule is Cc1cccc(C)c1NC(=O)c1nc(Cl)ccc1Cl. The molecule has 0 spiro atoms. The topological polar surface area (TPSA) is 42.0 Å². The molecule has 0 unspecified atom stereocenters. The van der Waals surface area contributed by atoms with Crippen LogP contribution < -0.4 is 5.32 Å². The lowest BCUT2D eigenvalue weighted by Crippen LogP contribution is -2.16. The zero-order chi connectivity index (χ0) is 14.0. The molecule has 98 valence electrons. The number of pyridine rings is 1. The minimum absolute atomic E-state index is 0.122. The molecule has 0 saturated carbocycles. The van der Waals surface area contributed by atoms with Crippen LogP contribution in [0.3, 0.4) is 0 Å². The number of hydrogen-bond acceptors (Lipinski definition) is 2. The van der Waals surface area contributed by atoms with Crippen LogP contribution in [0.5, 0.6) is 0 Å². The normalized spacial score (nSPS) is 10.3. The lowest BCUT2D eigenvalue weighted by Gasteiger charge is -2.11. The third-order valence-electron chi connectivity index (χ3n) is 2.75. The summed E-state index contributed by atoms with van der Waals surface area (Å²) in [6.45, 7) is 3.85. The number of nitrogens with zero attached hydrogens (tertiary/aromatic N) is 1. The van der Waals surface area contributed by atoms with E-state index >= 15 is 0 Å². The first kappa shape index (κ1) is 13.8. The second kappa shape index (κ2) is 5.59. The number of benzene rings is 1. The highest BCUT2D eigenvalue weighted by Gasteiger charge is 2.14. The quantitative estimate of drug-likeness (QED) is 0.841. The summed E-state index contributed by atoms with van der Waals surface area (Å²) < 4.78 is 0. The van der Waals surface area contributed by atoms with Crippen molar-refractivity contribution in [1.29, 1.82) is 0 Å². The van der Waals surface area contributed by atoms with Gasteiger partial charge in [0.2, 0.25) is 0 Å². The number of carbonyl (C=O) groups is 1. The number of rotatable bonds is 2. The second-order valence-electron chi connectivity index (χ2n) is 4.19. The maximum absolute atomic E-state index is 12.2. The van der Waals surface area contributed by atoms with Crippen LogP contribution in [-0.4, -0.2) is 10.9 Å². The largest absolute Gasteiger partial charge is 0.320 e. The first-order chi connectivity index (χ1) is 8.99.